The number of carboxylic acid groups (broad SMARTS) is 4. The predicted octanol–water partition coefficient (Wildman–Crippen LogP) is -2.89. The summed E-state index contributed by atoms with van der Waals surface area (Å²) in [5, 5.41) is 65.7. The van der Waals surface area contributed by atoms with Gasteiger partial charge in [0, 0.05) is 27.7 Å². The van der Waals surface area contributed by atoms with Crippen LogP contribution in [0.3, 0.4) is 0 Å². The van der Waals surface area contributed by atoms with Crippen molar-refractivity contribution in [1.82, 2.24) is 0 Å². The molecule has 0 amide bonds. The Morgan fingerprint density at radius 3 is 1.21 bits per heavy atom. The van der Waals surface area contributed by atoms with Gasteiger partial charge in [0.2, 0.25) is 0 Å². The first kappa shape index (κ1) is 33.2. The third kappa shape index (κ3) is 31.4. The highest BCUT2D eigenvalue weighted by atomic mass is 16.6. The first-order valence-electron chi connectivity index (χ1n) is 7.35. The van der Waals surface area contributed by atoms with E-state index in [-0.39, 0.29) is 0 Å². The molecule has 168 valence electrons. The summed E-state index contributed by atoms with van der Waals surface area (Å²) in [7, 11) is 0. The Morgan fingerprint density at radius 2 is 1.00 bits per heavy atom. The highest BCUT2D eigenvalue weighted by Gasteiger charge is 2.41. The van der Waals surface area contributed by atoms with Crippen LogP contribution in [0.25, 0.3) is 0 Å². The van der Waals surface area contributed by atoms with E-state index in [4.69, 9.17) is 60.3 Å². The van der Waals surface area contributed by atoms with Gasteiger partial charge in [-0.05, 0) is 0 Å². The molecular weight excluding hydrogens is 390 g/mol. The summed E-state index contributed by atoms with van der Waals surface area (Å²) in [4.78, 5) is 36.0. The van der Waals surface area contributed by atoms with Crippen molar-refractivity contribution in [3.05, 3.63) is 0 Å². The van der Waals surface area contributed by atoms with E-state index >= 15 is 0 Å². The Labute approximate surface area is 160 Å². The first-order chi connectivity index (χ1) is 12.5. The van der Waals surface area contributed by atoms with E-state index in [1.165, 1.54) is 0 Å². The van der Waals surface area contributed by atoms with Crippen LogP contribution in [0.1, 0.15) is 27.7 Å². The number of carbonyl (C=O) groups is 4. The minimum atomic E-state index is -1.35. The molecule has 28 heavy (non-hydrogen) atoms. The van der Waals surface area contributed by atoms with E-state index in [0.717, 1.165) is 27.7 Å². The molecule has 1 aliphatic rings. The fourth-order valence-electron chi connectivity index (χ4n) is 1.12. The molecule has 0 radical (unpaired) electrons. The van der Waals surface area contributed by atoms with Crippen LogP contribution in [0.5, 0.6) is 0 Å². The lowest BCUT2D eigenvalue weighted by Crippen LogP contribution is -2.61. The molecule has 1 aliphatic heterocycles. The lowest BCUT2D eigenvalue weighted by molar-refractivity contribution is -0.248. The summed E-state index contributed by atoms with van der Waals surface area (Å²) in [5.74, 6) is -3.33. The molecule has 1 heterocycles. The van der Waals surface area contributed by atoms with Crippen molar-refractivity contribution in [3.63, 3.8) is 0 Å². The smallest absolute Gasteiger partial charge is 0.300 e. The monoisotopic (exact) mass is 419 g/mol. The second kappa shape index (κ2) is 19.4. The molecule has 1 saturated heterocycles. The molecule has 5 atom stereocenters. The van der Waals surface area contributed by atoms with Crippen molar-refractivity contribution in [1.29, 1.82) is 0 Å². The van der Waals surface area contributed by atoms with Gasteiger partial charge in [0.15, 0.2) is 6.29 Å². The van der Waals surface area contributed by atoms with Crippen LogP contribution in [0.15, 0.2) is 0 Å². The third-order valence-electron chi connectivity index (χ3n) is 1.95. The molecule has 10 N–H and O–H groups in total. The molecule has 14 nitrogen and oxygen atoms in total. The molecule has 0 aromatic heterocycles. The van der Waals surface area contributed by atoms with E-state index in [1.54, 1.807) is 0 Å². The molecule has 0 saturated carbocycles. The van der Waals surface area contributed by atoms with Gasteiger partial charge in [0.1, 0.15) is 18.3 Å². The number of aliphatic carboxylic acids is 4. The lowest BCUT2D eigenvalue weighted by atomic mass is 9.98. The molecule has 1 fully saturated rings. The normalized spacial score (nSPS) is 24.7. The Hall–Kier alpha value is -2.36. The van der Waals surface area contributed by atoms with Gasteiger partial charge in [0.25, 0.3) is 23.9 Å². The highest BCUT2D eigenvalue weighted by Crippen LogP contribution is 2.17. The van der Waals surface area contributed by atoms with Crippen LogP contribution in [0, 0.1) is 0 Å². The minimum absolute atomic E-state index is 0.470. The molecule has 0 aromatic rings. The number of aliphatic hydroxyl groups excluding tert-OH is 4. The van der Waals surface area contributed by atoms with E-state index in [1.807, 2.05) is 0 Å². The van der Waals surface area contributed by atoms with Crippen molar-refractivity contribution in [3.8, 4) is 0 Å². The van der Waals surface area contributed by atoms with Gasteiger partial charge in [-0.1, -0.05) is 0 Å². The van der Waals surface area contributed by atoms with Crippen LogP contribution < -0.4 is 5.73 Å². The highest BCUT2D eigenvalue weighted by molar-refractivity contribution is 5.63. The number of aliphatic hydroxyl groups is 4. The van der Waals surface area contributed by atoms with Crippen LogP contribution in [-0.4, -0.2) is 102 Å². The zero-order chi connectivity index (χ0) is 23.6. The fourth-order valence-corrected chi connectivity index (χ4v) is 1.12. The van der Waals surface area contributed by atoms with Gasteiger partial charge in [-0.25, -0.2) is 0 Å². The Morgan fingerprint density at radius 1 is 0.750 bits per heavy atom. The summed E-state index contributed by atoms with van der Waals surface area (Å²) < 4.78 is 4.70. The van der Waals surface area contributed by atoms with Crippen molar-refractivity contribution in [2.75, 3.05) is 6.61 Å². The standard InChI is InChI=1S/C6H13NO5.4C2H4O2/c7-3-5(10)4(9)2(1-8)12-6(3)11;4*1-2(3)4/h2-6,8-11H,1,7H2;4*1H3,(H,3,4)/t2-,3-,4-,5-,6?;;;;/m1..../s1. The number of nitrogens with two attached hydrogens (primary N) is 1. The first-order valence-corrected chi connectivity index (χ1v) is 7.35. The largest absolute Gasteiger partial charge is 0.481 e. The average molecular weight is 419 g/mol. The van der Waals surface area contributed by atoms with E-state index < -0.39 is 61.1 Å². The maximum absolute atomic E-state index is 9.20. The van der Waals surface area contributed by atoms with E-state index in [0.29, 0.717) is 0 Å². The van der Waals surface area contributed by atoms with Gasteiger partial charge < -0.3 is 51.3 Å². The summed E-state index contributed by atoms with van der Waals surface area (Å²) in [6, 6.07) is -1.04. The minimum Gasteiger partial charge on any atom is -0.481 e. The Balaban J connectivity index is -0.000000150. The van der Waals surface area contributed by atoms with E-state index in [2.05, 4.69) is 0 Å². The zero-order valence-electron chi connectivity index (χ0n) is 15.8. The summed E-state index contributed by atoms with van der Waals surface area (Å²) >= 11 is 0. The van der Waals surface area contributed by atoms with Gasteiger partial charge in [0.05, 0.1) is 12.6 Å². The van der Waals surface area contributed by atoms with Crippen LogP contribution in [0.2, 0.25) is 0 Å². The van der Waals surface area contributed by atoms with Crippen LogP contribution in [0.4, 0.5) is 0 Å². The van der Waals surface area contributed by atoms with E-state index in [9.17, 15) is 10.2 Å². The Kier molecular flexibility index (Phi) is 23.0. The molecule has 1 unspecified atom stereocenters. The SMILES string of the molecule is CC(=O)O.CC(=O)O.CC(=O)O.CC(=O)O.N[C@H]1C(O)O[C@H](CO)[C@@H](O)[C@@H]1O. The molecule has 0 aromatic carbocycles. The maximum Gasteiger partial charge on any atom is 0.300 e. The molecule has 0 aliphatic carbocycles. The van der Waals surface area contributed by atoms with Crippen molar-refractivity contribution >= 4 is 23.9 Å². The number of rotatable bonds is 1. The second-order valence-corrected chi connectivity index (χ2v) is 4.88. The van der Waals surface area contributed by atoms with Crippen LogP contribution in [-0.2, 0) is 23.9 Å². The van der Waals surface area contributed by atoms with Gasteiger partial charge in [-0.3, -0.25) is 19.2 Å². The topological polar surface area (TPSA) is 265 Å². The number of ether oxygens (including phenoxy) is 1. The molecule has 0 spiro atoms. The zero-order valence-corrected chi connectivity index (χ0v) is 15.8. The quantitative estimate of drug-likeness (QED) is 0.206. The molecule has 0 bridgehead atoms. The lowest BCUT2D eigenvalue weighted by Gasteiger charge is -2.38. The Bertz CT molecular complexity index is 388. The third-order valence-corrected chi connectivity index (χ3v) is 1.95. The average Bonchev–Trinajstić information content (AvgIpc) is 2.46. The number of hydrogen-bond acceptors (Lipinski definition) is 10. The molecular formula is C14H29NO13. The molecule has 14 heteroatoms. The maximum atomic E-state index is 9.20. The summed E-state index contributed by atoms with van der Waals surface area (Å²) in [5.41, 5.74) is 5.26. The number of carboxylic acids is 4. The van der Waals surface area contributed by atoms with Crippen molar-refractivity contribution in [2.45, 2.75) is 58.3 Å². The van der Waals surface area contributed by atoms with Gasteiger partial charge in [-0.15, -0.1) is 0 Å². The number of hydrogen-bond donors (Lipinski definition) is 9. The van der Waals surface area contributed by atoms with Gasteiger partial charge in [-0.2, -0.15) is 0 Å². The summed E-state index contributed by atoms with van der Waals surface area (Å²) in [6.45, 7) is 3.86. The second-order valence-electron chi connectivity index (χ2n) is 4.88. The van der Waals surface area contributed by atoms with Gasteiger partial charge >= 0.3 is 0 Å². The predicted molar refractivity (Wildman–Crippen MR) is 91.2 cm³/mol. The van der Waals surface area contributed by atoms with Crippen molar-refractivity contribution in [2.24, 2.45) is 5.73 Å². The van der Waals surface area contributed by atoms with Crippen molar-refractivity contribution < 1.29 is 64.8 Å². The van der Waals surface area contributed by atoms with Crippen LogP contribution >= 0.6 is 0 Å². The molecule has 1 rings (SSSR count). The summed E-state index contributed by atoms with van der Waals surface area (Å²) in [6.07, 6.45) is -4.85. The fraction of sp³-hybridized carbons (Fsp3) is 0.714.